The Morgan fingerprint density at radius 2 is 2.20 bits per heavy atom. The Labute approximate surface area is 123 Å². The van der Waals surface area contributed by atoms with Crippen LogP contribution in [0, 0.1) is 6.92 Å². The van der Waals surface area contributed by atoms with Gasteiger partial charge in [0.15, 0.2) is 5.82 Å². The molecule has 0 amide bonds. The van der Waals surface area contributed by atoms with Gasteiger partial charge in [-0.2, -0.15) is 4.98 Å². The molecule has 1 heterocycles. The van der Waals surface area contributed by atoms with Crippen LogP contribution >= 0.6 is 11.6 Å². The molecule has 1 aromatic heterocycles. The second-order valence-corrected chi connectivity index (χ2v) is 5.91. The van der Waals surface area contributed by atoms with E-state index in [1.807, 2.05) is 12.1 Å². The molecule has 20 heavy (non-hydrogen) atoms. The summed E-state index contributed by atoms with van der Waals surface area (Å²) >= 11 is 5.95. The molecular weight excluding hydrogens is 276 g/mol. The molecular formula is C15H17ClN2O2. The number of alkyl halides is 1. The maximum atomic E-state index is 5.95. The topological polar surface area (TPSA) is 48.2 Å². The van der Waals surface area contributed by atoms with Crippen molar-refractivity contribution in [1.29, 1.82) is 0 Å². The van der Waals surface area contributed by atoms with Gasteiger partial charge in [0, 0.05) is 11.3 Å². The highest BCUT2D eigenvalue weighted by Crippen LogP contribution is 2.38. The second-order valence-electron chi connectivity index (χ2n) is 5.29. The van der Waals surface area contributed by atoms with Crippen molar-refractivity contribution in [2.75, 3.05) is 0 Å². The van der Waals surface area contributed by atoms with Gasteiger partial charge >= 0.3 is 0 Å². The van der Waals surface area contributed by atoms with Crippen molar-refractivity contribution < 1.29 is 9.26 Å². The second kappa shape index (κ2) is 5.94. The van der Waals surface area contributed by atoms with E-state index in [0.717, 1.165) is 24.2 Å². The van der Waals surface area contributed by atoms with Gasteiger partial charge in [0.1, 0.15) is 6.61 Å². The third-order valence-corrected chi connectivity index (χ3v) is 3.86. The van der Waals surface area contributed by atoms with Crippen LogP contribution in [0.5, 0.6) is 0 Å². The first-order valence-electron chi connectivity index (χ1n) is 6.80. The lowest BCUT2D eigenvalue weighted by Crippen LogP contribution is -2.22. The number of hydrogen-bond donors (Lipinski definition) is 0. The third-order valence-electron chi connectivity index (χ3n) is 3.51. The van der Waals surface area contributed by atoms with E-state index in [0.29, 0.717) is 25.0 Å². The Morgan fingerprint density at radius 3 is 2.95 bits per heavy atom. The van der Waals surface area contributed by atoms with Crippen molar-refractivity contribution in [1.82, 2.24) is 10.1 Å². The van der Waals surface area contributed by atoms with Crippen molar-refractivity contribution in [2.24, 2.45) is 0 Å². The number of aromatic nitrogens is 2. The minimum atomic E-state index is 0.263. The van der Waals surface area contributed by atoms with Crippen LogP contribution in [0.3, 0.4) is 0 Å². The lowest BCUT2D eigenvalue weighted by atomic mass is 9.84. The smallest absolute Gasteiger partial charge is 0.252 e. The molecule has 1 fully saturated rings. The summed E-state index contributed by atoms with van der Waals surface area (Å²) in [5.74, 6) is 1.65. The number of hydrogen-bond acceptors (Lipinski definition) is 4. The monoisotopic (exact) mass is 292 g/mol. The molecule has 106 valence electrons. The van der Waals surface area contributed by atoms with Gasteiger partial charge in [-0.05, 0) is 25.3 Å². The van der Waals surface area contributed by atoms with E-state index in [-0.39, 0.29) is 5.38 Å². The van der Waals surface area contributed by atoms with Gasteiger partial charge in [-0.25, -0.2) is 0 Å². The third kappa shape index (κ3) is 3.19. The highest BCUT2D eigenvalue weighted by atomic mass is 35.5. The number of halogens is 1. The zero-order valence-electron chi connectivity index (χ0n) is 11.4. The minimum absolute atomic E-state index is 0.263. The van der Waals surface area contributed by atoms with Crippen molar-refractivity contribution in [3.63, 3.8) is 0 Å². The molecule has 0 N–H and O–H groups in total. The fourth-order valence-corrected chi connectivity index (χ4v) is 2.74. The summed E-state index contributed by atoms with van der Waals surface area (Å²) in [5, 5.41) is 4.25. The van der Waals surface area contributed by atoms with E-state index >= 15 is 0 Å². The van der Waals surface area contributed by atoms with Gasteiger partial charge in [-0.3, -0.25) is 0 Å². The van der Waals surface area contributed by atoms with E-state index in [9.17, 15) is 0 Å². The predicted molar refractivity (Wildman–Crippen MR) is 75.6 cm³/mol. The van der Waals surface area contributed by atoms with Crippen LogP contribution in [0.15, 0.2) is 28.8 Å². The molecule has 0 atom stereocenters. The molecule has 5 heteroatoms. The maximum absolute atomic E-state index is 5.95. The summed E-state index contributed by atoms with van der Waals surface area (Å²) in [7, 11) is 0. The molecule has 3 rings (SSSR count). The fourth-order valence-electron chi connectivity index (χ4n) is 2.31. The zero-order valence-corrected chi connectivity index (χ0v) is 12.1. The first kappa shape index (κ1) is 13.6. The van der Waals surface area contributed by atoms with Crippen LogP contribution in [0.1, 0.15) is 41.6 Å². The molecule has 1 aliphatic rings. The summed E-state index contributed by atoms with van der Waals surface area (Å²) in [5.41, 5.74) is 2.38. The number of aryl methyl sites for hydroxylation is 1. The van der Waals surface area contributed by atoms with E-state index < -0.39 is 0 Å². The van der Waals surface area contributed by atoms with Crippen LogP contribution in [0.2, 0.25) is 0 Å². The molecule has 4 nitrogen and oxygen atoms in total. The lowest BCUT2D eigenvalue weighted by molar-refractivity contribution is 0.0850. The molecule has 0 aliphatic heterocycles. The Balaban J connectivity index is 1.49. The summed E-state index contributed by atoms with van der Waals surface area (Å²) in [6, 6.07) is 8.24. The van der Waals surface area contributed by atoms with Gasteiger partial charge in [0.25, 0.3) is 5.89 Å². The van der Waals surface area contributed by atoms with E-state index in [1.165, 1.54) is 5.56 Å². The van der Waals surface area contributed by atoms with Crippen LogP contribution < -0.4 is 0 Å². The Hall–Kier alpha value is -1.39. The van der Waals surface area contributed by atoms with Gasteiger partial charge in [-0.1, -0.05) is 35.0 Å². The average Bonchev–Trinajstić information content (AvgIpc) is 2.83. The van der Waals surface area contributed by atoms with Gasteiger partial charge in [0.05, 0.1) is 6.61 Å². The quantitative estimate of drug-likeness (QED) is 0.790. The lowest BCUT2D eigenvalue weighted by Gasteiger charge is -2.27. The summed E-state index contributed by atoms with van der Waals surface area (Å²) in [6.07, 6.45) is 1.87. The van der Waals surface area contributed by atoms with Crippen LogP contribution in [0.25, 0.3) is 0 Å². The molecule has 0 radical (unpaired) electrons. The largest absolute Gasteiger partial charge is 0.367 e. The molecule has 1 saturated carbocycles. The first-order chi connectivity index (χ1) is 9.70. The van der Waals surface area contributed by atoms with Crippen molar-refractivity contribution in [2.45, 2.75) is 44.3 Å². The maximum Gasteiger partial charge on any atom is 0.252 e. The van der Waals surface area contributed by atoms with Gasteiger partial charge in [-0.15, -0.1) is 11.6 Å². The van der Waals surface area contributed by atoms with Crippen molar-refractivity contribution in [3.8, 4) is 0 Å². The SMILES string of the molecule is Cc1cccc(COCc2nc(C3CC(Cl)C3)no2)c1. The Morgan fingerprint density at radius 1 is 1.35 bits per heavy atom. The van der Waals surface area contributed by atoms with Crippen LogP contribution in [-0.4, -0.2) is 15.5 Å². The van der Waals surface area contributed by atoms with E-state index in [4.69, 9.17) is 20.9 Å². The highest BCUT2D eigenvalue weighted by Gasteiger charge is 2.32. The molecule has 1 aromatic carbocycles. The first-order valence-corrected chi connectivity index (χ1v) is 7.24. The van der Waals surface area contributed by atoms with Crippen LogP contribution in [0.4, 0.5) is 0 Å². The number of ether oxygens (including phenoxy) is 1. The Bertz CT molecular complexity index is 579. The summed E-state index contributed by atoms with van der Waals surface area (Å²) in [4.78, 5) is 4.35. The van der Waals surface area contributed by atoms with Crippen LogP contribution in [-0.2, 0) is 18.0 Å². The van der Waals surface area contributed by atoms with Gasteiger partial charge < -0.3 is 9.26 Å². The van der Waals surface area contributed by atoms with Crippen molar-refractivity contribution in [3.05, 3.63) is 47.1 Å². The molecule has 2 aromatic rings. The normalized spacial score (nSPS) is 21.7. The summed E-state index contributed by atoms with van der Waals surface area (Å²) in [6.45, 7) is 2.96. The van der Waals surface area contributed by atoms with Crippen molar-refractivity contribution >= 4 is 11.6 Å². The predicted octanol–water partition coefficient (Wildman–Crippen LogP) is 3.58. The highest BCUT2D eigenvalue weighted by molar-refractivity contribution is 6.21. The standard InChI is InChI=1S/C15H17ClN2O2/c1-10-3-2-4-11(5-10)8-19-9-14-17-15(18-20-14)12-6-13(16)7-12/h2-5,12-13H,6-9H2,1H3. The minimum Gasteiger partial charge on any atom is -0.367 e. The van der Waals surface area contributed by atoms with E-state index in [1.54, 1.807) is 0 Å². The van der Waals surface area contributed by atoms with Gasteiger partial charge in [0.2, 0.25) is 0 Å². The Kier molecular flexibility index (Phi) is 4.03. The zero-order chi connectivity index (χ0) is 13.9. The number of benzene rings is 1. The molecule has 1 aliphatic carbocycles. The molecule has 0 unspecified atom stereocenters. The van der Waals surface area contributed by atoms with E-state index in [2.05, 4.69) is 29.2 Å². The average molecular weight is 293 g/mol. The molecule has 0 saturated heterocycles. The number of rotatable bonds is 5. The fraction of sp³-hybridized carbons (Fsp3) is 0.467. The molecule has 0 bridgehead atoms. The number of nitrogens with zero attached hydrogens (tertiary/aromatic N) is 2. The molecule has 0 spiro atoms. The summed E-state index contributed by atoms with van der Waals surface area (Å²) < 4.78 is 10.8.